The molecule has 0 aromatic carbocycles. The lowest BCUT2D eigenvalue weighted by Gasteiger charge is -2.01. The second kappa shape index (κ2) is 6.04. The summed E-state index contributed by atoms with van der Waals surface area (Å²) in [5.41, 5.74) is 1.84. The Bertz CT molecular complexity index is 537. The third-order valence-corrected chi connectivity index (χ3v) is 3.68. The smallest absolute Gasteiger partial charge is 0.155 e. The molecule has 2 aromatic heterocycles. The zero-order chi connectivity index (χ0) is 13.1. The van der Waals surface area contributed by atoms with Gasteiger partial charge in [0.1, 0.15) is 5.15 Å². The summed E-state index contributed by atoms with van der Waals surface area (Å²) in [6, 6.07) is 3.76. The first-order valence-corrected chi connectivity index (χ1v) is 7.32. The van der Waals surface area contributed by atoms with Gasteiger partial charge in [-0.3, -0.25) is 0 Å². The molecule has 2 rings (SSSR count). The summed E-state index contributed by atoms with van der Waals surface area (Å²) in [5.74, 6) is 1.06. The van der Waals surface area contributed by atoms with Crippen LogP contribution in [-0.4, -0.2) is 14.8 Å². The maximum absolute atomic E-state index is 6.30. The van der Waals surface area contributed by atoms with E-state index in [2.05, 4.69) is 32.9 Å². The molecule has 2 heterocycles. The van der Waals surface area contributed by atoms with Gasteiger partial charge in [0.05, 0.1) is 11.6 Å². The number of aryl methyl sites for hydroxylation is 1. The molecule has 0 saturated heterocycles. The number of rotatable bonds is 4. The van der Waals surface area contributed by atoms with Gasteiger partial charge in [-0.05, 0) is 34.5 Å². The standard InChI is InChI=1S/C12H12BrCl2N3/c1-2-3-10-9(6-14)12(15)18(17-10)11-5-4-8(13)7-16-11/h4-5,7H,2-3,6H2,1H3. The molecular formula is C12H12BrCl2N3. The predicted octanol–water partition coefficient (Wildman–Crippen LogP) is 4.37. The zero-order valence-electron chi connectivity index (χ0n) is 9.83. The van der Waals surface area contributed by atoms with Crippen molar-refractivity contribution in [3.05, 3.63) is 39.2 Å². The average molecular weight is 349 g/mol. The summed E-state index contributed by atoms with van der Waals surface area (Å²) in [6.07, 6.45) is 3.59. The Kier molecular flexibility index (Phi) is 4.65. The van der Waals surface area contributed by atoms with Crippen molar-refractivity contribution in [3.63, 3.8) is 0 Å². The molecule has 6 heteroatoms. The fourth-order valence-corrected chi connectivity index (χ4v) is 2.57. The Morgan fingerprint density at radius 2 is 2.17 bits per heavy atom. The van der Waals surface area contributed by atoms with Gasteiger partial charge < -0.3 is 0 Å². The van der Waals surface area contributed by atoms with E-state index in [1.807, 2.05) is 12.1 Å². The summed E-state index contributed by atoms with van der Waals surface area (Å²) in [4.78, 5) is 4.28. The molecule has 0 radical (unpaired) electrons. The molecule has 2 aromatic rings. The van der Waals surface area contributed by atoms with Gasteiger partial charge in [0.2, 0.25) is 0 Å². The van der Waals surface area contributed by atoms with Crippen molar-refractivity contribution < 1.29 is 0 Å². The first-order valence-electron chi connectivity index (χ1n) is 5.61. The van der Waals surface area contributed by atoms with Crippen molar-refractivity contribution in [2.24, 2.45) is 0 Å². The van der Waals surface area contributed by atoms with Crippen LogP contribution in [0.3, 0.4) is 0 Å². The normalized spacial score (nSPS) is 10.9. The van der Waals surface area contributed by atoms with Gasteiger partial charge in [0.15, 0.2) is 5.82 Å². The number of halogens is 3. The SMILES string of the molecule is CCCc1nn(-c2ccc(Br)cn2)c(Cl)c1CCl. The molecule has 0 spiro atoms. The predicted molar refractivity (Wildman–Crippen MR) is 77.6 cm³/mol. The zero-order valence-corrected chi connectivity index (χ0v) is 12.9. The largest absolute Gasteiger partial charge is 0.236 e. The van der Waals surface area contributed by atoms with E-state index in [-0.39, 0.29) is 0 Å². The van der Waals surface area contributed by atoms with Crippen LogP contribution in [0.2, 0.25) is 5.15 Å². The van der Waals surface area contributed by atoms with Gasteiger partial charge in [0, 0.05) is 16.2 Å². The Hall–Kier alpha value is -0.580. The molecule has 0 fully saturated rings. The molecule has 0 atom stereocenters. The highest BCUT2D eigenvalue weighted by molar-refractivity contribution is 9.10. The maximum atomic E-state index is 6.30. The number of hydrogen-bond donors (Lipinski definition) is 0. The number of hydrogen-bond acceptors (Lipinski definition) is 2. The van der Waals surface area contributed by atoms with Crippen molar-refractivity contribution in [1.29, 1.82) is 0 Å². The molecule has 0 aliphatic carbocycles. The number of nitrogens with zero attached hydrogens (tertiary/aromatic N) is 3. The minimum atomic E-state index is 0.366. The second-order valence-electron chi connectivity index (χ2n) is 3.85. The third-order valence-electron chi connectivity index (χ3n) is 2.55. The van der Waals surface area contributed by atoms with Gasteiger partial charge in [0.25, 0.3) is 0 Å². The van der Waals surface area contributed by atoms with Crippen LogP contribution in [0, 0.1) is 0 Å². The van der Waals surface area contributed by atoms with Gasteiger partial charge in [-0.15, -0.1) is 11.6 Å². The van der Waals surface area contributed by atoms with E-state index in [4.69, 9.17) is 23.2 Å². The highest BCUT2D eigenvalue weighted by Crippen LogP contribution is 2.25. The molecule has 3 nitrogen and oxygen atoms in total. The molecule has 0 unspecified atom stereocenters. The van der Waals surface area contributed by atoms with Gasteiger partial charge in [-0.25, -0.2) is 9.67 Å². The summed E-state index contributed by atoms with van der Waals surface area (Å²) in [5, 5.41) is 5.04. The first kappa shape index (κ1) is 13.8. The van der Waals surface area contributed by atoms with Crippen LogP contribution in [-0.2, 0) is 12.3 Å². The van der Waals surface area contributed by atoms with E-state index in [1.165, 1.54) is 0 Å². The first-order chi connectivity index (χ1) is 8.67. The fourth-order valence-electron chi connectivity index (χ4n) is 1.69. The van der Waals surface area contributed by atoms with Gasteiger partial charge in [-0.2, -0.15) is 5.10 Å². The fraction of sp³-hybridized carbons (Fsp3) is 0.333. The summed E-state index contributed by atoms with van der Waals surface area (Å²) < 4.78 is 2.55. The average Bonchev–Trinajstić information content (AvgIpc) is 2.67. The van der Waals surface area contributed by atoms with Crippen LogP contribution in [0.5, 0.6) is 0 Å². The van der Waals surface area contributed by atoms with Gasteiger partial charge >= 0.3 is 0 Å². The molecular weight excluding hydrogens is 337 g/mol. The van der Waals surface area contributed by atoms with Crippen LogP contribution in [0.25, 0.3) is 5.82 Å². The molecule has 0 aliphatic heterocycles. The molecule has 0 aliphatic rings. The molecule has 0 saturated carbocycles. The van der Waals surface area contributed by atoms with Crippen LogP contribution in [0.15, 0.2) is 22.8 Å². The Labute approximate surface area is 124 Å². The lowest BCUT2D eigenvalue weighted by Crippen LogP contribution is -2.00. The highest BCUT2D eigenvalue weighted by atomic mass is 79.9. The van der Waals surface area contributed by atoms with Crippen molar-refractivity contribution >= 4 is 39.1 Å². The molecule has 96 valence electrons. The molecule has 0 amide bonds. The van der Waals surface area contributed by atoms with E-state index in [0.29, 0.717) is 16.9 Å². The summed E-state index contributed by atoms with van der Waals surface area (Å²) >= 11 is 15.6. The lowest BCUT2D eigenvalue weighted by atomic mass is 10.2. The molecule has 0 N–H and O–H groups in total. The van der Waals surface area contributed by atoms with E-state index >= 15 is 0 Å². The Morgan fingerprint density at radius 3 is 2.72 bits per heavy atom. The van der Waals surface area contributed by atoms with Crippen molar-refractivity contribution in [1.82, 2.24) is 14.8 Å². The molecule has 0 bridgehead atoms. The van der Waals surface area contributed by atoms with Crippen molar-refractivity contribution in [3.8, 4) is 5.82 Å². The Balaban J connectivity index is 2.47. The number of alkyl halides is 1. The topological polar surface area (TPSA) is 30.7 Å². The van der Waals surface area contributed by atoms with Gasteiger partial charge in [-0.1, -0.05) is 24.9 Å². The van der Waals surface area contributed by atoms with Crippen LogP contribution < -0.4 is 0 Å². The van der Waals surface area contributed by atoms with E-state index in [1.54, 1.807) is 10.9 Å². The van der Waals surface area contributed by atoms with Crippen LogP contribution in [0.4, 0.5) is 0 Å². The number of pyridine rings is 1. The van der Waals surface area contributed by atoms with Crippen molar-refractivity contribution in [2.45, 2.75) is 25.6 Å². The minimum absolute atomic E-state index is 0.366. The number of aromatic nitrogens is 3. The van der Waals surface area contributed by atoms with Crippen LogP contribution in [0.1, 0.15) is 24.6 Å². The van der Waals surface area contributed by atoms with E-state index < -0.39 is 0 Å². The summed E-state index contributed by atoms with van der Waals surface area (Å²) in [6.45, 7) is 2.10. The lowest BCUT2D eigenvalue weighted by molar-refractivity contribution is 0.789. The minimum Gasteiger partial charge on any atom is -0.236 e. The Morgan fingerprint density at radius 1 is 1.39 bits per heavy atom. The third kappa shape index (κ3) is 2.71. The van der Waals surface area contributed by atoms with E-state index in [9.17, 15) is 0 Å². The van der Waals surface area contributed by atoms with E-state index in [0.717, 1.165) is 28.6 Å². The highest BCUT2D eigenvalue weighted by Gasteiger charge is 2.16. The molecule has 18 heavy (non-hydrogen) atoms. The monoisotopic (exact) mass is 347 g/mol. The maximum Gasteiger partial charge on any atom is 0.155 e. The van der Waals surface area contributed by atoms with Crippen LogP contribution >= 0.6 is 39.1 Å². The second-order valence-corrected chi connectivity index (χ2v) is 5.39. The summed E-state index contributed by atoms with van der Waals surface area (Å²) in [7, 11) is 0. The van der Waals surface area contributed by atoms with Crippen molar-refractivity contribution in [2.75, 3.05) is 0 Å². The quantitative estimate of drug-likeness (QED) is 0.768.